The van der Waals surface area contributed by atoms with Crippen molar-refractivity contribution < 1.29 is 32.8 Å². The van der Waals surface area contributed by atoms with E-state index in [-0.39, 0.29) is 28.3 Å². The van der Waals surface area contributed by atoms with Crippen molar-refractivity contribution in [2.75, 3.05) is 19.0 Å². The number of benzene rings is 2. The Morgan fingerprint density at radius 1 is 1.15 bits per heavy atom. The number of hydrogen-bond acceptors (Lipinski definition) is 7. The van der Waals surface area contributed by atoms with Crippen LogP contribution in [0.15, 0.2) is 42.5 Å². The van der Waals surface area contributed by atoms with Gasteiger partial charge in [-0.2, -0.15) is 8.78 Å². The standard InChI is InChI=1S/C17H14F2N2O6/c1-20-13-7-4-11(8-14(13)21(24)25)16(23)26-9-15(22)10-2-5-12(6-3-10)27-17(18)19/h2-8,17,20H,9H2,1H3. The maximum atomic E-state index is 12.1. The first kappa shape index (κ1) is 19.8. The van der Waals surface area contributed by atoms with Crippen molar-refractivity contribution in [3.63, 3.8) is 0 Å². The number of nitro benzene ring substituents is 1. The van der Waals surface area contributed by atoms with Gasteiger partial charge in [0, 0.05) is 18.7 Å². The van der Waals surface area contributed by atoms with Crippen molar-refractivity contribution in [1.82, 2.24) is 0 Å². The molecule has 0 fully saturated rings. The molecule has 0 aliphatic rings. The minimum Gasteiger partial charge on any atom is -0.454 e. The molecule has 0 saturated carbocycles. The Morgan fingerprint density at radius 3 is 2.33 bits per heavy atom. The summed E-state index contributed by atoms with van der Waals surface area (Å²) in [7, 11) is 1.50. The lowest BCUT2D eigenvalue weighted by atomic mass is 10.1. The summed E-state index contributed by atoms with van der Waals surface area (Å²) in [5, 5.41) is 13.6. The number of nitrogens with zero attached hydrogens (tertiary/aromatic N) is 1. The van der Waals surface area contributed by atoms with E-state index in [0.717, 1.165) is 6.07 Å². The highest BCUT2D eigenvalue weighted by atomic mass is 19.3. The molecule has 0 atom stereocenters. The van der Waals surface area contributed by atoms with Crippen LogP contribution < -0.4 is 10.1 Å². The van der Waals surface area contributed by atoms with Crippen molar-refractivity contribution in [3.05, 3.63) is 63.7 Å². The van der Waals surface area contributed by atoms with E-state index >= 15 is 0 Å². The predicted octanol–water partition coefficient (Wildman–Crippen LogP) is 3.28. The Morgan fingerprint density at radius 2 is 1.78 bits per heavy atom. The molecule has 0 bridgehead atoms. The van der Waals surface area contributed by atoms with Crippen LogP contribution in [0.4, 0.5) is 20.2 Å². The molecule has 0 aliphatic carbocycles. The molecular weight excluding hydrogens is 366 g/mol. The molecule has 0 aliphatic heterocycles. The summed E-state index contributed by atoms with van der Waals surface area (Å²) in [5.74, 6) is -1.60. The first-order valence-corrected chi connectivity index (χ1v) is 7.53. The molecule has 0 aromatic heterocycles. The van der Waals surface area contributed by atoms with Gasteiger partial charge in [-0.1, -0.05) is 0 Å². The van der Waals surface area contributed by atoms with Crippen LogP contribution in [0.5, 0.6) is 5.75 Å². The van der Waals surface area contributed by atoms with Gasteiger partial charge < -0.3 is 14.8 Å². The van der Waals surface area contributed by atoms with Crippen molar-refractivity contribution >= 4 is 23.1 Å². The van der Waals surface area contributed by atoms with Gasteiger partial charge in [0.25, 0.3) is 5.69 Å². The normalized spacial score (nSPS) is 10.4. The highest BCUT2D eigenvalue weighted by molar-refractivity contribution is 5.99. The lowest BCUT2D eigenvalue weighted by molar-refractivity contribution is -0.384. The van der Waals surface area contributed by atoms with Crippen molar-refractivity contribution in [2.24, 2.45) is 0 Å². The predicted molar refractivity (Wildman–Crippen MR) is 90.3 cm³/mol. The van der Waals surface area contributed by atoms with Crippen LogP contribution >= 0.6 is 0 Å². The van der Waals surface area contributed by atoms with Gasteiger partial charge in [-0.05, 0) is 36.4 Å². The van der Waals surface area contributed by atoms with E-state index in [1.165, 1.54) is 43.4 Å². The number of hydrogen-bond donors (Lipinski definition) is 1. The summed E-state index contributed by atoms with van der Waals surface area (Å²) in [4.78, 5) is 34.4. The molecule has 2 aromatic carbocycles. The van der Waals surface area contributed by atoms with E-state index < -0.39 is 29.9 Å². The number of nitro groups is 1. The smallest absolute Gasteiger partial charge is 0.387 e. The third-order valence-corrected chi connectivity index (χ3v) is 3.44. The van der Waals surface area contributed by atoms with E-state index in [1.54, 1.807) is 0 Å². The van der Waals surface area contributed by atoms with Gasteiger partial charge in [-0.3, -0.25) is 14.9 Å². The van der Waals surface area contributed by atoms with Crippen molar-refractivity contribution in [1.29, 1.82) is 0 Å². The quantitative estimate of drug-likeness (QED) is 0.324. The van der Waals surface area contributed by atoms with Gasteiger partial charge >= 0.3 is 12.6 Å². The SMILES string of the molecule is CNc1ccc(C(=O)OCC(=O)c2ccc(OC(F)F)cc2)cc1[N+](=O)[O-]. The van der Waals surface area contributed by atoms with Crippen LogP contribution in [-0.2, 0) is 4.74 Å². The minimum atomic E-state index is -2.98. The van der Waals surface area contributed by atoms with Gasteiger partial charge in [-0.25, -0.2) is 4.79 Å². The number of nitrogens with one attached hydrogen (secondary N) is 1. The van der Waals surface area contributed by atoms with E-state index in [1.807, 2.05) is 0 Å². The fraction of sp³-hybridized carbons (Fsp3) is 0.176. The third-order valence-electron chi connectivity index (χ3n) is 3.44. The van der Waals surface area contributed by atoms with Gasteiger partial charge in [-0.15, -0.1) is 0 Å². The largest absolute Gasteiger partial charge is 0.454 e. The number of rotatable bonds is 8. The highest BCUT2D eigenvalue weighted by Crippen LogP contribution is 2.25. The zero-order chi connectivity index (χ0) is 20.0. The molecule has 10 heteroatoms. The van der Waals surface area contributed by atoms with E-state index in [2.05, 4.69) is 10.1 Å². The lowest BCUT2D eigenvalue weighted by Gasteiger charge is -2.07. The molecule has 27 heavy (non-hydrogen) atoms. The molecule has 142 valence electrons. The molecule has 1 N–H and O–H groups in total. The lowest BCUT2D eigenvalue weighted by Crippen LogP contribution is -2.14. The molecule has 2 aromatic rings. The number of carbonyl (C=O) groups is 2. The van der Waals surface area contributed by atoms with Crippen molar-refractivity contribution in [3.8, 4) is 5.75 Å². The van der Waals surface area contributed by atoms with E-state index in [4.69, 9.17) is 4.74 Å². The average molecular weight is 380 g/mol. The Bertz CT molecular complexity index is 855. The maximum absolute atomic E-state index is 12.1. The van der Waals surface area contributed by atoms with Crippen LogP contribution in [0, 0.1) is 10.1 Å². The topological polar surface area (TPSA) is 108 Å². The van der Waals surface area contributed by atoms with Crippen LogP contribution in [0.25, 0.3) is 0 Å². The number of esters is 1. The average Bonchev–Trinajstić information content (AvgIpc) is 2.65. The van der Waals surface area contributed by atoms with E-state index in [0.29, 0.717) is 0 Å². The molecule has 2 rings (SSSR count). The summed E-state index contributed by atoms with van der Waals surface area (Å²) in [6, 6.07) is 8.57. The number of ether oxygens (including phenoxy) is 2. The Kier molecular flexibility index (Phi) is 6.36. The molecular formula is C17H14F2N2O6. The summed E-state index contributed by atoms with van der Waals surface area (Å²) in [6.07, 6.45) is 0. The van der Waals surface area contributed by atoms with Crippen LogP contribution in [0.3, 0.4) is 0 Å². The van der Waals surface area contributed by atoms with Gasteiger partial charge in [0.05, 0.1) is 10.5 Å². The minimum absolute atomic E-state index is 0.0887. The van der Waals surface area contributed by atoms with Crippen molar-refractivity contribution in [2.45, 2.75) is 6.61 Å². The van der Waals surface area contributed by atoms with Gasteiger partial charge in [0.1, 0.15) is 11.4 Å². The van der Waals surface area contributed by atoms with E-state index in [9.17, 15) is 28.5 Å². The van der Waals surface area contributed by atoms with Crippen LogP contribution in [-0.4, -0.2) is 36.9 Å². The Balaban J connectivity index is 2.01. The number of carbonyl (C=O) groups excluding carboxylic acids is 2. The zero-order valence-electron chi connectivity index (χ0n) is 14.0. The number of alkyl halides is 2. The molecule has 0 saturated heterocycles. The molecule has 0 unspecified atom stereocenters. The summed E-state index contributed by atoms with van der Waals surface area (Å²) >= 11 is 0. The number of halogens is 2. The Labute approximate surface area is 151 Å². The zero-order valence-corrected chi connectivity index (χ0v) is 14.0. The van der Waals surface area contributed by atoms with Crippen LogP contribution in [0.1, 0.15) is 20.7 Å². The third kappa shape index (κ3) is 5.21. The molecule has 0 heterocycles. The second-order valence-electron chi connectivity index (χ2n) is 5.14. The summed E-state index contributed by atoms with van der Waals surface area (Å²) < 4.78 is 33.2. The van der Waals surface area contributed by atoms with Gasteiger partial charge in [0.2, 0.25) is 0 Å². The van der Waals surface area contributed by atoms with Crippen LogP contribution in [0.2, 0.25) is 0 Å². The number of anilines is 1. The number of ketones is 1. The van der Waals surface area contributed by atoms with Gasteiger partial charge in [0.15, 0.2) is 12.4 Å². The molecule has 0 radical (unpaired) electrons. The second-order valence-corrected chi connectivity index (χ2v) is 5.14. The fourth-order valence-electron chi connectivity index (χ4n) is 2.14. The molecule has 0 amide bonds. The number of Topliss-reactive ketones (excluding diaryl/α,β-unsaturated/α-hetero) is 1. The summed E-state index contributed by atoms with van der Waals surface area (Å²) in [6.45, 7) is -3.60. The Hall–Kier alpha value is -3.56. The molecule has 0 spiro atoms. The summed E-state index contributed by atoms with van der Waals surface area (Å²) in [5.41, 5.74) is -0.0539. The maximum Gasteiger partial charge on any atom is 0.387 e. The first-order valence-electron chi connectivity index (χ1n) is 7.53. The monoisotopic (exact) mass is 380 g/mol. The highest BCUT2D eigenvalue weighted by Gasteiger charge is 2.18. The molecule has 8 nitrogen and oxygen atoms in total. The fourth-order valence-corrected chi connectivity index (χ4v) is 2.14. The first-order chi connectivity index (χ1) is 12.8. The second kappa shape index (κ2) is 8.70.